The van der Waals surface area contributed by atoms with E-state index < -0.39 is 12.1 Å². The van der Waals surface area contributed by atoms with E-state index in [0.717, 1.165) is 44.9 Å². The maximum Gasteiger partial charge on any atom is 0.305 e. The molecule has 0 rings (SSSR count). The molecule has 0 aromatic carbocycles. The number of hydrogen-bond acceptors (Lipinski definition) is 5. The average Bonchev–Trinajstić information content (AvgIpc) is 3.45. The number of aliphatic hydroxyl groups is 2. The first kappa shape index (κ1) is 77.1. The van der Waals surface area contributed by atoms with E-state index >= 15 is 0 Å². The molecule has 0 aliphatic rings. The van der Waals surface area contributed by atoms with Crippen molar-refractivity contribution >= 4 is 11.9 Å². The topological polar surface area (TPSA) is 95.9 Å². The van der Waals surface area contributed by atoms with Gasteiger partial charge in [0, 0.05) is 12.8 Å². The van der Waals surface area contributed by atoms with Crippen LogP contribution in [-0.4, -0.2) is 47.4 Å². The lowest BCUT2D eigenvalue weighted by Crippen LogP contribution is -2.45. The third-order valence-corrected chi connectivity index (χ3v) is 16.6. The highest BCUT2D eigenvalue weighted by Gasteiger charge is 2.18. The molecule has 0 aliphatic heterocycles. The number of unbranched alkanes of at least 4 members (excludes halogenated alkanes) is 52. The van der Waals surface area contributed by atoms with Gasteiger partial charge in [-0.1, -0.05) is 333 Å². The molecule has 0 bridgehead atoms. The van der Waals surface area contributed by atoms with Crippen LogP contribution in [0.2, 0.25) is 0 Å². The zero-order chi connectivity index (χ0) is 57.1. The van der Waals surface area contributed by atoms with Crippen LogP contribution in [0.1, 0.15) is 393 Å². The van der Waals surface area contributed by atoms with Gasteiger partial charge in [-0.05, 0) is 83.5 Å². The number of amides is 1. The molecular formula is C73H139NO5. The lowest BCUT2D eigenvalue weighted by Gasteiger charge is -2.20. The molecule has 1 amide bonds. The molecule has 0 fully saturated rings. The van der Waals surface area contributed by atoms with Crippen molar-refractivity contribution in [3.63, 3.8) is 0 Å². The van der Waals surface area contributed by atoms with E-state index in [9.17, 15) is 19.8 Å². The Balaban J connectivity index is 3.42. The predicted molar refractivity (Wildman–Crippen MR) is 347 cm³/mol. The van der Waals surface area contributed by atoms with Crippen molar-refractivity contribution in [1.29, 1.82) is 0 Å². The van der Waals surface area contributed by atoms with Crippen LogP contribution in [0.3, 0.4) is 0 Å². The SMILES string of the molecule is CCCCCC/C=C\CCCCCCCC(=O)OCCCCCCCCCCCCCC/C=C\CCCCCCCCCCCCC(=O)NC(CO)C(O)/C=C/CCCCCCCCCCCCCCCCCCCCCCC. The summed E-state index contributed by atoms with van der Waals surface area (Å²) in [7, 11) is 0. The maximum atomic E-state index is 12.5. The first-order valence-corrected chi connectivity index (χ1v) is 35.8. The molecule has 6 nitrogen and oxygen atoms in total. The van der Waals surface area contributed by atoms with Gasteiger partial charge in [-0.15, -0.1) is 0 Å². The second kappa shape index (κ2) is 68.6. The Morgan fingerprint density at radius 3 is 0.911 bits per heavy atom. The minimum Gasteiger partial charge on any atom is -0.466 e. The number of nitrogens with one attached hydrogen (secondary N) is 1. The zero-order valence-corrected chi connectivity index (χ0v) is 53.4. The number of hydrogen-bond donors (Lipinski definition) is 3. The van der Waals surface area contributed by atoms with Crippen molar-refractivity contribution < 1.29 is 24.5 Å². The molecule has 0 spiro atoms. The summed E-state index contributed by atoms with van der Waals surface area (Å²) in [4.78, 5) is 24.6. The number of carbonyl (C=O) groups excluding carboxylic acids is 2. The van der Waals surface area contributed by atoms with E-state index in [0.29, 0.717) is 19.4 Å². The van der Waals surface area contributed by atoms with Gasteiger partial charge in [0.25, 0.3) is 0 Å². The number of esters is 1. The van der Waals surface area contributed by atoms with Gasteiger partial charge in [0.15, 0.2) is 0 Å². The second-order valence-electron chi connectivity index (χ2n) is 24.6. The fourth-order valence-corrected chi connectivity index (χ4v) is 11.2. The van der Waals surface area contributed by atoms with E-state index in [1.165, 1.54) is 321 Å². The molecule has 0 aromatic rings. The van der Waals surface area contributed by atoms with Gasteiger partial charge in [-0.25, -0.2) is 0 Å². The first-order chi connectivity index (χ1) is 39.0. The number of aliphatic hydroxyl groups excluding tert-OH is 2. The molecule has 0 radical (unpaired) electrons. The second-order valence-corrected chi connectivity index (χ2v) is 24.6. The summed E-state index contributed by atoms with van der Waals surface area (Å²) in [5, 5.41) is 23.3. The number of ether oxygens (including phenoxy) is 1. The van der Waals surface area contributed by atoms with E-state index in [2.05, 4.69) is 43.5 Å². The molecular weight excluding hydrogens is 971 g/mol. The summed E-state index contributed by atoms with van der Waals surface area (Å²) in [6, 6.07) is -0.631. The van der Waals surface area contributed by atoms with Gasteiger partial charge < -0.3 is 20.3 Å². The molecule has 3 N–H and O–H groups in total. The summed E-state index contributed by atoms with van der Waals surface area (Å²) in [5.41, 5.74) is 0. The predicted octanol–water partition coefficient (Wildman–Crippen LogP) is 23.1. The summed E-state index contributed by atoms with van der Waals surface area (Å²) in [6.45, 7) is 4.92. The van der Waals surface area contributed by atoms with Crippen LogP contribution in [0.4, 0.5) is 0 Å². The lowest BCUT2D eigenvalue weighted by molar-refractivity contribution is -0.143. The van der Waals surface area contributed by atoms with Crippen molar-refractivity contribution in [2.24, 2.45) is 0 Å². The monoisotopic (exact) mass is 1110 g/mol. The van der Waals surface area contributed by atoms with Crippen molar-refractivity contribution in [3.05, 3.63) is 36.5 Å². The Morgan fingerprint density at radius 1 is 0.342 bits per heavy atom. The Labute approximate surface area is 494 Å². The summed E-state index contributed by atoms with van der Waals surface area (Å²) in [5.74, 6) is -0.0609. The third kappa shape index (κ3) is 65.1. The van der Waals surface area contributed by atoms with Crippen LogP contribution in [0.15, 0.2) is 36.5 Å². The van der Waals surface area contributed by atoms with Crippen LogP contribution >= 0.6 is 0 Å². The third-order valence-electron chi connectivity index (χ3n) is 16.6. The van der Waals surface area contributed by atoms with Crippen LogP contribution in [-0.2, 0) is 14.3 Å². The molecule has 466 valence electrons. The van der Waals surface area contributed by atoms with Crippen molar-refractivity contribution in [2.45, 2.75) is 405 Å². The van der Waals surface area contributed by atoms with Crippen LogP contribution in [0, 0.1) is 0 Å². The van der Waals surface area contributed by atoms with Gasteiger partial charge >= 0.3 is 5.97 Å². The van der Waals surface area contributed by atoms with Crippen molar-refractivity contribution in [3.8, 4) is 0 Å². The first-order valence-electron chi connectivity index (χ1n) is 35.8. The molecule has 0 saturated heterocycles. The van der Waals surface area contributed by atoms with Gasteiger partial charge in [0.1, 0.15) is 0 Å². The number of rotatable bonds is 67. The lowest BCUT2D eigenvalue weighted by atomic mass is 10.0. The Hall–Kier alpha value is -1.92. The van der Waals surface area contributed by atoms with Gasteiger partial charge in [-0.3, -0.25) is 9.59 Å². The summed E-state index contributed by atoms with van der Waals surface area (Å²) < 4.78 is 5.48. The quantitative estimate of drug-likeness (QED) is 0.0320. The average molecular weight is 1110 g/mol. The minimum atomic E-state index is -0.847. The molecule has 2 unspecified atom stereocenters. The van der Waals surface area contributed by atoms with E-state index in [-0.39, 0.29) is 18.5 Å². The molecule has 0 saturated carbocycles. The molecule has 0 aromatic heterocycles. The largest absolute Gasteiger partial charge is 0.466 e. The van der Waals surface area contributed by atoms with Crippen LogP contribution in [0.5, 0.6) is 0 Å². The van der Waals surface area contributed by atoms with E-state index in [1.54, 1.807) is 6.08 Å². The van der Waals surface area contributed by atoms with E-state index in [1.807, 2.05) is 6.08 Å². The fraction of sp³-hybridized carbons (Fsp3) is 0.890. The normalized spacial score (nSPS) is 12.7. The smallest absolute Gasteiger partial charge is 0.305 e. The van der Waals surface area contributed by atoms with Crippen LogP contribution in [0.25, 0.3) is 0 Å². The van der Waals surface area contributed by atoms with Gasteiger partial charge in [-0.2, -0.15) is 0 Å². The Morgan fingerprint density at radius 2 is 0.595 bits per heavy atom. The fourth-order valence-electron chi connectivity index (χ4n) is 11.2. The highest BCUT2D eigenvalue weighted by molar-refractivity contribution is 5.76. The summed E-state index contributed by atoms with van der Waals surface area (Å²) >= 11 is 0. The highest BCUT2D eigenvalue weighted by atomic mass is 16.5. The maximum absolute atomic E-state index is 12.5. The molecule has 79 heavy (non-hydrogen) atoms. The molecule has 0 aliphatic carbocycles. The molecule has 2 atom stereocenters. The zero-order valence-electron chi connectivity index (χ0n) is 53.4. The summed E-state index contributed by atoms with van der Waals surface area (Å²) in [6.07, 6.45) is 88.0. The van der Waals surface area contributed by atoms with Crippen LogP contribution < -0.4 is 5.32 Å². The molecule has 0 heterocycles. The van der Waals surface area contributed by atoms with Gasteiger partial charge in [0.05, 0.1) is 25.4 Å². The number of carbonyl (C=O) groups is 2. The van der Waals surface area contributed by atoms with Crippen molar-refractivity contribution in [1.82, 2.24) is 5.32 Å². The Bertz CT molecular complexity index is 1280. The molecule has 6 heteroatoms. The Kier molecular flexibility index (Phi) is 66.9. The number of allylic oxidation sites excluding steroid dienone is 5. The standard InChI is InChI=1S/C73H139NO5/c1-3-5-7-9-11-13-15-17-18-19-20-21-26-29-32-35-38-42-45-49-53-57-61-65-71(76)70(69-75)74-72(77)66-62-58-54-50-46-43-39-36-33-30-27-24-22-23-25-28-31-34-37-40-44-48-52-56-60-64-68-79-73(78)67-63-59-55-51-47-41-16-14-12-10-8-6-4-2/h14,16,22,24,61,65,70-71,75-76H,3-13,15,17-21,23,25-60,62-64,66-69H2,1-2H3,(H,74,77)/b16-14-,24-22-,65-61+. The minimum absolute atomic E-state index is 0.00508. The van der Waals surface area contributed by atoms with Gasteiger partial charge in [0.2, 0.25) is 5.91 Å². The highest BCUT2D eigenvalue weighted by Crippen LogP contribution is 2.18. The van der Waals surface area contributed by atoms with E-state index in [4.69, 9.17) is 4.74 Å². The van der Waals surface area contributed by atoms with Crippen molar-refractivity contribution in [2.75, 3.05) is 13.2 Å².